The quantitative estimate of drug-likeness (QED) is 0.574. The SMILES string of the molecule is C=CCCOc1ccc(CN)cc1OC. The summed E-state index contributed by atoms with van der Waals surface area (Å²) in [7, 11) is 1.62. The zero-order valence-electron chi connectivity index (χ0n) is 9.03. The summed E-state index contributed by atoms with van der Waals surface area (Å²) in [6.07, 6.45) is 2.64. The van der Waals surface area contributed by atoms with E-state index in [0.29, 0.717) is 13.2 Å². The highest BCUT2D eigenvalue weighted by Crippen LogP contribution is 2.27. The lowest BCUT2D eigenvalue weighted by Gasteiger charge is -2.10. The van der Waals surface area contributed by atoms with Crippen LogP contribution in [0.15, 0.2) is 30.9 Å². The second kappa shape index (κ2) is 6.09. The highest BCUT2D eigenvalue weighted by atomic mass is 16.5. The van der Waals surface area contributed by atoms with E-state index in [9.17, 15) is 0 Å². The standard InChI is InChI=1S/C12H17NO2/c1-3-4-7-15-11-6-5-10(9-13)8-12(11)14-2/h3,5-6,8H,1,4,7,9,13H2,2H3. The molecule has 2 N–H and O–H groups in total. The van der Waals surface area contributed by atoms with E-state index in [1.807, 2.05) is 24.3 Å². The first-order valence-electron chi connectivity index (χ1n) is 4.92. The Labute approximate surface area is 90.5 Å². The summed E-state index contributed by atoms with van der Waals surface area (Å²) in [6.45, 7) is 4.75. The van der Waals surface area contributed by atoms with E-state index in [2.05, 4.69) is 6.58 Å². The summed E-state index contributed by atoms with van der Waals surface area (Å²) >= 11 is 0. The Morgan fingerprint density at radius 1 is 1.40 bits per heavy atom. The third kappa shape index (κ3) is 3.29. The van der Waals surface area contributed by atoms with Crippen molar-refractivity contribution >= 4 is 0 Å². The van der Waals surface area contributed by atoms with Crippen LogP contribution in [-0.4, -0.2) is 13.7 Å². The Hall–Kier alpha value is -1.48. The molecule has 1 aromatic carbocycles. The van der Waals surface area contributed by atoms with Gasteiger partial charge in [0.15, 0.2) is 11.5 Å². The van der Waals surface area contributed by atoms with E-state index in [0.717, 1.165) is 23.5 Å². The summed E-state index contributed by atoms with van der Waals surface area (Å²) in [5.41, 5.74) is 6.57. The van der Waals surface area contributed by atoms with Crippen LogP contribution < -0.4 is 15.2 Å². The van der Waals surface area contributed by atoms with Crippen molar-refractivity contribution in [1.82, 2.24) is 0 Å². The maximum atomic E-state index is 5.54. The van der Waals surface area contributed by atoms with Crippen molar-refractivity contribution in [2.24, 2.45) is 5.73 Å². The monoisotopic (exact) mass is 207 g/mol. The molecule has 0 bridgehead atoms. The van der Waals surface area contributed by atoms with E-state index in [-0.39, 0.29) is 0 Å². The molecule has 0 atom stereocenters. The van der Waals surface area contributed by atoms with Gasteiger partial charge in [-0.25, -0.2) is 0 Å². The van der Waals surface area contributed by atoms with Gasteiger partial charge in [-0.15, -0.1) is 6.58 Å². The Morgan fingerprint density at radius 2 is 2.20 bits per heavy atom. The Kier molecular flexibility index (Phi) is 4.71. The van der Waals surface area contributed by atoms with Crippen LogP contribution in [0.4, 0.5) is 0 Å². The number of benzene rings is 1. The maximum Gasteiger partial charge on any atom is 0.161 e. The minimum absolute atomic E-state index is 0.503. The molecule has 0 aromatic heterocycles. The number of rotatable bonds is 6. The highest BCUT2D eigenvalue weighted by molar-refractivity contribution is 5.42. The molecule has 0 unspecified atom stereocenters. The van der Waals surface area contributed by atoms with E-state index in [1.165, 1.54) is 0 Å². The van der Waals surface area contributed by atoms with Gasteiger partial charge >= 0.3 is 0 Å². The average Bonchev–Trinajstić information content (AvgIpc) is 2.29. The predicted octanol–water partition coefficient (Wildman–Crippen LogP) is 2.11. The first-order chi connectivity index (χ1) is 7.31. The van der Waals surface area contributed by atoms with Crippen molar-refractivity contribution in [3.05, 3.63) is 36.4 Å². The normalized spacial score (nSPS) is 9.73. The van der Waals surface area contributed by atoms with Crippen molar-refractivity contribution in [2.75, 3.05) is 13.7 Å². The molecule has 1 rings (SSSR count). The van der Waals surface area contributed by atoms with Crippen LogP contribution in [-0.2, 0) is 6.54 Å². The molecule has 0 radical (unpaired) electrons. The fraction of sp³-hybridized carbons (Fsp3) is 0.333. The maximum absolute atomic E-state index is 5.54. The first-order valence-corrected chi connectivity index (χ1v) is 4.92. The fourth-order valence-corrected chi connectivity index (χ4v) is 1.21. The van der Waals surface area contributed by atoms with Crippen LogP contribution in [0, 0.1) is 0 Å². The number of nitrogens with two attached hydrogens (primary N) is 1. The lowest BCUT2D eigenvalue weighted by atomic mass is 10.2. The third-order valence-corrected chi connectivity index (χ3v) is 2.04. The van der Waals surface area contributed by atoms with Crippen molar-refractivity contribution in [3.8, 4) is 11.5 Å². The van der Waals surface area contributed by atoms with Crippen LogP contribution >= 0.6 is 0 Å². The summed E-state index contributed by atoms with van der Waals surface area (Å²) in [4.78, 5) is 0. The van der Waals surface area contributed by atoms with E-state index in [4.69, 9.17) is 15.2 Å². The second-order valence-corrected chi connectivity index (χ2v) is 3.12. The van der Waals surface area contributed by atoms with Crippen molar-refractivity contribution in [3.63, 3.8) is 0 Å². The molecule has 0 spiro atoms. The molecule has 0 aliphatic carbocycles. The summed E-state index contributed by atoms with van der Waals surface area (Å²) < 4.78 is 10.7. The lowest BCUT2D eigenvalue weighted by molar-refractivity contribution is 0.299. The van der Waals surface area contributed by atoms with Gasteiger partial charge in [0.25, 0.3) is 0 Å². The smallest absolute Gasteiger partial charge is 0.161 e. The molecule has 0 saturated carbocycles. The largest absolute Gasteiger partial charge is 0.493 e. The van der Waals surface area contributed by atoms with E-state index >= 15 is 0 Å². The van der Waals surface area contributed by atoms with Gasteiger partial charge in [0.1, 0.15) is 0 Å². The van der Waals surface area contributed by atoms with Crippen molar-refractivity contribution < 1.29 is 9.47 Å². The first kappa shape index (κ1) is 11.6. The van der Waals surface area contributed by atoms with Crippen molar-refractivity contribution in [2.45, 2.75) is 13.0 Å². The number of ether oxygens (including phenoxy) is 2. The highest BCUT2D eigenvalue weighted by Gasteiger charge is 2.04. The molecule has 0 fully saturated rings. The van der Waals surface area contributed by atoms with E-state index < -0.39 is 0 Å². The minimum atomic E-state index is 0.503. The van der Waals surface area contributed by atoms with Crippen LogP contribution in [0.25, 0.3) is 0 Å². The summed E-state index contributed by atoms with van der Waals surface area (Å²) in [5.74, 6) is 1.47. The molecular weight excluding hydrogens is 190 g/mol. The lowest BCUT2D eigenvalue weighted by Crippen LogP contribution is -2.01. The molecule has 0 heterocycles. The van der Waals surface area contributed by atoms with Gasteiger partial charge in [0, 0.05) is 6.54 Å². The van der Waals surface area contributed by atoms with Crippen LogP contribution in [0.2, 0.25) is 0 Å². The van der Waals surface area contributed by atoms with Gasteiger partial charge in [0.05, 0.1) is 13.7 Å². The molecule has 3 heteroatoms. The molecule has 82 valence electrons. The third-order valence-electron chi connectivity index (χ3n) is 2.04. The molecule has 0 aliphatic heterocycles. The molecule has 15 heavy (non-hydrogen) atoms. The molecule has 1 aromatic rings. The Morgan fingerprint density at radius 3 is 2.80 bits per heavy atom. The average molecular weight is 207 g/mol. The molecular formula is C12H17NO2. The summed E-state index contributed by atoms with van der Waals surface area (Å²) in [6, 6.07) is 5.71. The van der Waals surface area contributed by atoms with Gasteiger partial charge in [-0.05, 0) is 24.1 Å². The van der Waals surface area contributed by atoms with Crippen LogP contribution in [0.5, 0.6) is 11.5 Å². The predicted molar refractivity (Wildman–Crippen MR) is 61.2 cm³/mol. The molecule has 0 aliphatic rings. The zero-order chi connectivity index (χ0) is 11.1. The van der Waals surface area contributed by atoms with Gasteiger partial charge in [0.2, 0.25) is 0 Å². The van der Waals surface area contributed by atoms with Gasteiger partial charge in [-0.2, -0.15) is 0 Å². The van der Waals surface area contributed by atoms with Crippen LogP contribution in [0.3, 0.4) is 0 Å². The van der Waals surface area contributed by atoms with Gasteiger partial charge in [-0.1, -0.05) is 12.1 Å². The number of methoxy groups -OCH3 is 1. The fourth-order valence-electron chi connectivity index (χ4n) is 1.21. The number of hydrogen-bond donors (Lipinski definition) is 1. The summed E-state index contributed by atoms with van der Waals surface area (Å²) in [5, 5.41) is 0. The Bertz CT molecular complexity index is 323. The second-order valence-electron chi connectivity index (χ2n) is 3.12. The van der Waals surface area contributed by atoms with E-state index in [1.54, 1.807) is 7.11 Å². The molecule has 3 nitrogen and oxygen atoms in total. The Balaban J connectivity index is 2.73. The van der Waals surface area contributed by atoms with Gasteiger partial charge < -0.3 is 15.2 Å². The van der Waals surface area contributed by atoms with Crippen molar-refractivity contribution in [1.29, 1.82) is 0 Å². The minimum Gasteiger partial charge on any atom is -0.493 e. The topological polar surface area (TPSA) is 44.5 Å². The molecule has 0 saturated heterocycles. The number of hydrogen-bond acceptors (Lipinski definition) is 3. The van der Waals surface area contributed by atoms with Gasteiger partial charge in [-0.3, -0.25) is 0 Å². The molecule has 0 amide bonds. The zero-order valence-corrected chi connectivity index (χ0v) is 9.03. The van der Waals surface area contributed by atoms with Crippen LogP contribution in [0.1, 0.15) is 12.0 Å².